The summed E-state index contributed by atoms with van der Waals surface area (Å²) in [6.45, 7) is 5.18. The van der Waals surface area contributed by atoms with E-state index in [0.29, 0.717) is 83.2 Å². The molecule has 5 aliphatic carbocycles. The molecule has 2 saturated heterocycles. The predicted molar refractivity (Wildman–Crippen MR) is 235 cm³/mol. The zero-order chi connectivity index (χ0) is 43.3. The standard InChI is InChI=1S/C48H64F2N4O7S/c1-3-48(49,50)47(57)19-18-39-37-16-14-34-28-35(15-17-36(34)43(37)38(29-46(39,47)2)33-12-10-32(11-13-33)31-8-9-31)54-61-27-26-60-25-24-59-23-22-58-21-20-51-42(55)7-5-4-6-41-44-40(30-62-41)52-45(56)53-44/h1,10-13,28,31,37-41,44,57H,4-9,14-27,29-30H2,2H3,(H,51,55)(H2,52,53,56)/b54-35-/t37-,38+,39-,40?,41?,44?,46-,47-/m0/s1. The minimum atomic E-state index is -3.60. The molecule has 11 nitrogen and oxygen atoms in total. The van der Waals surface area contributed by atoms with Gasteiger partial charge >= 0.3 is 12.0 Å². The van der Waals surface area contributed by atoms with Gasteiger partial charge < -0.3 is 40.1 Å². The first kappa shape index (κ1) is 45.1. The highest BCUT2D eigenvalue weighted by Gasteiger charge is 2.71. The number of amides is 3. The van der Waals surface area contributed by atoms with E-state index in [1.54, 1.807) is 5.92 Å². The molecule has 0 spiro atoms. The van der Waals surface area contributed by atoms with Crippen molar-refractivity contribution >= 4 is 29.4 Å². The Hall–Kier alpha value is -3.48. The second-order valence-corrected chi connectivity index (χ2v) is 19.8. The van der Waals surface area contributed by atoms with E-state index in [0.717, 1.165) is 62.0 Å². The van der Waals surface area contributed by atoms with Crippen LogP contribution in [0.25, 0.3) is 0 Å². The summed E-state index contributed by atoms with van der Waals surface area (Å²) in [4.78, 5) is 29.4. The quantitative estimate of drug-likeness (QED) is 0.0442. The minimum Gasteiger partial charge on any atom is -0.393 e. The lowest BCUT2D eigenvalue weighted by Crippen LogP contribution is -2.60. The molecule has 0 aromatic heterocycles. The molecule has 0 radical (unpaired) electrons. The van der Waals surface area contributed by atoms with Crippen molar-refractivity contribution in [3.8, 4) is 12.3 Å². The number of carbonyl (C=O) groups is 2. The molecule has 3 saturated carbocycles. The monoisotopic (exact) mass is 878 g/mol. The number of fused-ring (bicyclic) bond motifs is 5. The number of thioether (sulfide) groups is 1. The van der Waals surface area contributed by atoms with E-state index >= 15 is 8.78 Å². The number of nitrogens with zero attached hydrogens (tertiary/aromatic N) is 1. The Balaban J connectivity index is 0.724. The lowest BCUT2D eigenvalue weighted by molar-refractivity contribution is -0.209. The van der Waals surface area contributed by atoms with Gasteiger partial charge in [-0.2, -0.15) is 20.5 Å². The Kier molecular flexibility index (Phi) is 14.3. The lowest BCUT2D eigenvalue weighted by Gasteiger charge is -2.55. The number of nitrogens with one attached hydrogen (secondary N) is 3. The molecule has 5 fully saturated rings. The van der Waals surface area contributed by atoms with Gasteiger partial charge in [-0.05, 0) is 123 Å². The van der Waals surface area contributed by atoms with E-state index in [1.807, 2.05) is 18.7 Å². The van der Waals surface area contributed by atoms with Crippen LogP contribution in [0.3, 0.4) is 0 Å². The van der Waals surface area contributed by atoms with E-state index in [9.17, 15) is 14.7 Å². The average Bonchev–Trinajstić information content (AvgIpc) is 3.88. The summed E-state index contributed by atoms with van der Waals surface area (Å²) in [6, 6.07) is 9.20. The van der Waals surface area contributed by atoms with Crippen LogP contribution in [0, 0.1) is 29.6 Å². The number of rotatable bonds is 21. The van der Waals surface area contributed by atoms with Crippen LogP contribution in [0.15, 0.2) is 52.2 Å². The number of halogens is 2. The smallest absolute Gasteiger partial charge is 0.336 e. The summed E-state index contributed by atoms with van der Waals surface area (Å²) in [5, 5.41) is 25.6. The van der Waals surface area contributed by atoms with Crippen molar-refractivity contribution in [2.75, 3.05) is 58.5 Å². The number of oxime groups is 1. The van der Waals surface area contributed by atoms with Crippen molar-refractivity contribution in [1.29, 1.82) is 0 Å². The topological polar surface area (TPSA) is 140 Å². The number of carbonyl (C=O) groups excluding carboxylic acids is 2. The molecule has 2 aliphatic heterocycles. The normalized spacial score (nSPS) is 32.0. The summed E-state index contributed by atoms with van der Waals surface area (Å²) >= 11 is 1.90. The number of ether oxygens (including phenoxy) is 3. The van der Waals surface area contributed by atoms with Crippen LogP contribution >= 0.6 is 11.8 Å². The van der Waals surface area contributed by atoms with Crippen molar-refractivity contribution in [2.45, 2.75) is 131 Å². The fourth-order valence-corrected chi connectivity index (χ4v) is 13.0. The molecule has 2 heterocycles. The van der Waals surface area contributed by atoms with Gasteiger partial charge in [0.2, 0.25) is 5.91 Å². The van der Waals surface area contributed by atoms with Gasteiger partial charge in [-0.25, -0.2) is 4.79 Å². The summed E-state index contributed by atoms with van der Waals surface area (Å²) in [6.07, 6.45) is 17.5. The molecule has 3 amide bonds. The molecule has 8 rings (SSSR count). The van der Waals surface area contributed by atoms with Gasteiger partial charge in [-0.15, -0.1) is 6.42 Å². The van der Waals surface area contributed by atoms with E-state index in [-0.39, 0.29) is 48.2 Å². The Morgan fingerprint density at radius 1 is 0.984 bits per heavy atom. The second-order valence-electron chi connectivity index (χ2n) is 18.6. The van der Waals surface area contributed by atoms with Crippen LogP contribution in [0.2, 0.25) is 0 Å². The third kappa shape index (κ3) is 9.63. The van der Waals surface area contributed by atoms with E-state index < -0.39 is 16.9 Å². The Bertz CT molecular complexity index is 1920. The van der Waals surface area contributed by atoms with Crippen LogP contribution in [0.1, 0.15) is 113 Å². The van der Waals surface area contributed by atoms with Crippen molar-refractivity contribution < 1.29 is 42.5 Å². The average molecular weight is 879 g/mol. The summed E-state index contributed by atoms with van der Waals surface area (Å²) in [7, 11) is 0. The molecular weight excluding hydrogens is 815 g/mol. The first-order valence-electron chi connectivity index (χ1n) is 23.0. The summed E-state index contributed by atoms with van der Waals surface area (Å²) in [5.74, 6) is -0.349. The van der Waals surface area contributed by atoms with Crippen LogP contribution in [-0.4, -0.2) is 110 Å². The van der Waals surface area contributed by atoms with Crippen molar-refractivity contribution in [3.63, 3.8) is 0 Å². The number of unbranched alkanes of at least 4 members (excludes halogenated alkanes) is 1. The SMILES string of the molecule is C#CC(F)(F)[C@]1(O)CC[C@H]2[C@@H]3CCC4=C/C(=N\OCCOCCOCCOCCNC(=O)CCCCC5SCC6NC(=O)NC65)CCC4=C3[C@@H](c3ccc(C4CC4)cc3)C[C@@]21C. The molecule has 8 atom stereocenters. The number of benzene rings is 1. The Labute approximate surface area is 369 Å². The Morgan fingerprint density at radius 3 is 2.45 bits per heavy atom. The molecule has 1 aromatic carbocycles. The second kappa shape index (κ2) is 19.7. The van der Waals surface area contributed by atoms with Crippen molar-refractivity contribution in [1.82, 2.24) is 16.0 Å². The largest absolute Gasteiger partial charge is 0.393 e. The highest BCUT2D eigenvalue weighted by atomic mass is 32.2. The fourth-order valence-electron chi connectivity index (χ4n) is 11.5. The number of aliphatic hydroxyl groups is 1. The van der Waals surface area contributed by atoms with Gasteiger partial charge in [0.05, 0.1) is 57.4 Å². The fraction of sp³-hybridized carbons (Fsp3) is 0.688. The first-order chi connectivity index (χ1) is 30.0. The molecule has 338 valence electrons. The molecule has 62 heavy (non-hydrogen) atoms. The van der Waals surface area contributed by atoms with Gasteiger partial charge in [-0.1, -0.05) is 48.3 Å². The summed E-state index contributed by atoms with van der Waals surface area (Å²) in [5.41, 5.74) is 4.09. The number of terminal acetylenes is 1. The van der Waals surface area contributed by atoms with E-state index in [2.05, 4.69) is 51.4 Å². The third-order valence-electron chi connectivity index (χ3n) is 14.9. The van der Waals surface area contributed by atoms with Gasteiger partial charge in [-0.3, -0.25) is 4.79 Å². The molecule has 3 unspecified atom stereocenters. The maximum absolute atomic E-state index is 15.5. The maximum Gasteiger partial charge on any atom is 0.336 e. The van der Waals surface area contributed by atoms with Gasteiger partial charge in [0, 0.05) is 35.3 Å². The van der Waals surface area contributed by atoms with Crippen molar-refractivity contribution in [2.24, 2.45) is 22.4 Å². The predicted octanol–water partition coefficient (Wildman–Crippen LogP) is 7.16. The molecule has 0 bridgehead atoms. The number of allylic oxidation sites excluding steroid dienone is 4. The Morgan fingerprint density at radius 2 is 1.71 bits per heavy atom. The van der Waals surface area contributed by atoms with E-state index in [1.165, 1.54) is 35.1 Å². The van der Waals surface area contributed by atoms with Gasteiger partial charge in [0.1, 0.15) is 12.2 Å². The zero-order valence-corrected chi connectivity index (χ0v) is 36.9. The number of hydrogen-bond acceptors (Lipinski definition) is 9. The lowest BCUT2D eigenvalue weighted by atomic mass is 9.50. The van der Waals surface area contributed by atoms with Crippen LogP contribution < -0.4 is 16.0 Å². The number of urea groups is 1. The number of alkyl halides is 2. The molecular formula is C48H64F2N4O7S. The molecule has 14 heteroatoms. The van der Waals surface area contributed by atoms with E-state index in [4.69, 9.17) is 25.5 Å². The zero-order valence-electron chi connectivity index (χ0n) is 36.1. The van der Waals surface area contributed by atoms with Crippen LogP contribution in [0.5, 0.6) is 0 Å². The number of hydrogen-bond donors (Lipinski definition) is 4. The summed E-state index contributed by atoms with van der Waals surface area (Å²) < 4.78 is 47.8. The van der Waals surface area contributed by atoms with Gasteiger partial charge in [0.25, 0.3) is 0 Å². The van der Waals surface area contributed by atoms with Crippen LogP contribution in [-0.2, 0) is 23.8 Å². The third-order valence-corrected chi connectivity index (χ3v) is 16.4. The minimum absolute atomic E-state index is 0.0101. The molecule has 4 N–H and O–H groups in total. The van der Waals surface area contributed by atoms with Gasteiger partial charge in [0.15, 0.2) is 0 Å². The maximum atomic E-state index is 15.5. The van der Waals surface area contributed by atoms with Crippen LogP contribution in [0.4, 0.5) is 13.6 Å². The highest BCUT2D eigenvalue weighted by molar-refractivity contribution is 8.00. The van der Waals surface area contributed by atoms with Crippen molar-refractivity contribution in [3.05, 3.63) is 58.2 Å². The first-order valence-corrected chi connectivity index (χ1v) is 24.1. The highest BCUT2D eigenvalue weighted by Crippen LogP contribution is 2.69. The molecule has 1 aromatic rings. The molecule has 7 aliphatic rings.